The van der Waals surface area contributed by atoms with Crippen molar-refractivity contribution in [1.82, 2.24) is 5.32 Å². The van der Waals surface area contributed by atoms with E-state index in [-0.39, 0.29) is 23.1 Å². The van der Waals surface area contributed by atoms with Crippen LogP contribution < -0.4 is 10.1 Å². The van der Waals surface area contributed by atoms with Crippen LogP contribution in [0.3, 0.4) is 0 Å². The van der Waals surface area contributed by atoms with Crippen molar-refractivity contribution in [3.05, 3.63) is 62.0 Å². The Morgan fingerprint density at radius 2 is 2.00 bits per heavy atom. The van der Waals surface area contributed by atoms with Gasteiger partial charge in [0.15, 0.2) is 11.5 Å². The first-order valence-corrected chi connectivity index (χ1v) is 9.79. The summed E-state index contributed by atoms with van der Waals surface area (Å²) in [6, 6.07) is 12.7. The molecule has 0 unspecified atom stereocenters. The monoisotopic (exact) mass is 492 g/mol. The Kier molecular flexibility index (Phi) is 7.45. The highest BCUT2D eigenvalue weighted by molar-refractivity contribution is 9.13. The van der Waals surface area contributed by atoms with Crippen LogP contribution in [-0.4, -0.2) is 17.6 Å². The molecule has 0 saturated heterocycles. The average molecular weight is 494 g/mol. The number of nitriles is 1. The van der Waals surface area contributed by atoms with E-state index < -0.39 is 5.91 Å². The topological polar surface area (TPSA) is 82.3 Å². The SMILES string of the molecule is CCOc1cc(/C=C(/C#N)C(=O)N[C@H](C)c2ccccc2)c(Br)c(Br)c1O. The molecule has 2 rings (SSSR count). The molecule has 1 amide bonds. The van der Waals surface area contributed by atoms with Gasteiger partial charge < -0.3 is 15.2 Å². The first-order chi connectivity index (χ1) is 12.9. The van der Waals surface area contributed by atoms with Gasteiger partial charge in [-0.3, -0.25) is 4.79 Å². The minimum atomic E-state index is -0.483. The van der Waals surface area contributed by atoms with Crippen molar-refractivity contribution < 1.29 is 14.6 Å². The summed E-state index contributed by atoms with van der Waals surface area (Å²) >= 11 is 6.64. The number of phenolic OH excluding ortho intramolecular Hbond substituents is 1. The lowest BCUT2D eigenvalue weighted by molar-refractivity contribution is -0.117. The number of carbonyl (C=O) groups excluding carboxylic acids is 1. The summed E-state index contributed by atoms with van der Waals surface area (Å²) in [5, 5.41) is 22.4. The fraction of sp³-hybridized carbons (Fsp3) is 0.200. The van der Waals surface area contributed by atoms with Crippen LogP contribution >= 0.6 is 31.9 Å². The number of aromatic hydroxyl groups is 1. The molecule has 140 valence electrons. The Balaban J connectivity index is 2.33. The van der Waals surface area contributed by atoms with Crippen molar-refractivity contribution >= 4 is 43.8 Å². The van der Waals surface area contributed by atoms with Crippen LogP contribution in [0.4, 0.5) is 0 Å². The molecule has 7 heteroatoms. The van der Waals surface area contributed by atoms with Gasteiger partial charge in [0.2, 0.25) is 0 Å². The number of rotatable bonds is 6. The standard InChI is InChI=1S/C20H18Br2N2O3/c1-3-27-16-10-14(17(21)18(22)19(16)25)9-15(11-23)20(26)24-12(2)13-7-5-4-6-8-13/h4-10,12,25H,3H2,1-2H3,(H,24,26)/b15-9-/t12-/m1/s1. The second kappa shape index (κ2) is 9.58. The highest BCUT2D eigenvalue weighted by atomic mass is 79.9. The number of hydrogen-bond donors (Lipinski definition) is 2. The van der Waals surface area contributed by atoms with E-state index in [1.807, 2.05) is 43.3 Å². The highest BCUT2D eigenvalue weighted by Gasteiger charge is 2.18. The number of benzene rings is 2. The number of halogens is 2. The Hall–Kier alpha value is -2.30. The molecular weight excluding hydrogens is 476 g/mol. The molecule has 2 N–H and O–H groups in total. The first kappa shape index (κ1) is 21.0. The lowest BCUT2D eigenvalue weighted by atomic mass is 10.1. The molecule has 0 saturated carbocycles. The van der Waals surface area contributed by atoms with E-state index in [4.69, 9.17) is 4.74 Å². The van der Waals surface area contributed by atoms with E-state index in [0.29, 0.717) is 21.1 Å². The first-order valence-electron chi connectivity index (χ1n) is 8.20. The minimum absolute atomic E-state index is 0.0541. The zero-order chi connectivity index (χ0) is 20.0. The van der Waals surface area contributed by atoms with E-state index in [9.17, 15) is 15.2 Å². The summed E-state index contributed by atoms with van der Waals surface area (Å²) in [4.78, 5) is 12.5. The molecule has 0 radical (unpaired) electrons. The molecule has 0 spiro atoms. The van der Waals surface area contributed by atoms with E-state index in [2.05, 4.69) is 37.2 Å². The van der Waals surface area contributed by atoms with E-state index >= 15 is 0 Å². The molecule has 5 nitrogen and oxygen atoms in total. The zero-order valence-electron chi connectivity index (χ0n) is 14.8. The summed E-state index contributed by atoms with van der Waals surface area (Å²) in [7, 11) is 0. The van der Waals surface area contributed by atoms with Gasteiger partial charge in [0.25, 0.3) is 5.91 Å². The minimum Gasteiger partial charge on any atom is -0.503 e. The van der Waals surface area contributed by atoms with Gasteiger partial charge in [-0.15, -0.1) is 0 Å². The summed E-state index contributed by atoms with van der Waals surface area (Å²) < 4.78 is 6.30. The Labute approximate surface area is 174 Å². The number of ether oxygens (including phenoxy) is 1. The summed E-state index contributed by atoms with van der Waals surface area (Å²) in [6.07, 6.45) is 1.45. The average Bonchev–Trinajstić information content (AvgIpc) is 2.68. The maximum Gasteiger partial charge on any atom is 0.262 e. The largest absolute Gasteiger partial charge is 0.503 e. The van der Waals surface area contributed by atoms with Gasteiger partial charge in [0.1, 0.15) is 11.6 Å². The van der Waals surface area contributed by atoms with Crippen molar-refractivity contribution in [2.24, 2.45) is 0 Å². The second-order valence-corrected chi connectivity index (χ2v) is 7.24. The van der Waals surface area contributed by atoms with Crippen LogP contribution in [0.15, 0.2) is 50.9 Å². The van der Waals surface area contributed by atoms with Crippen LogP contribution in [0.2, 0.25) is 0 Å². The number of amides is 1. The van der Waals surface area contributed by atoms with E-state index in [1.165, 1.54) is 6.08 Å². The van der Waals surface area contributed by atoms with Crippen molar-refractivity contribution in [3.63, 3.8) is 0 Å². The van der Waals surface area contributed by atoms with Crippen molar-refractivity contribution in [3.8, 4) is 17.6 Å². The molecular formula is C20H18Br2N2O3. The third kappa shape index (κ3) is 5.12. The third-order valence-corrected chi connectivity index (χ3v) is 5.94. The molecule has 0 aliphatic carbocycles. The molecule has 0 fully saturated rings. The van der Waals surface area contributed by atoms with Crippen molar-refractivity contribution in [1.29, 1.82) is 5.26 Å². The van der Waals surface area contributed by atoms with Gasteiger partial charge in [-0.05, 0) is 69.0 Å². The molecule has 0 aliphatic heterocycles. The van der Waals surface area contributed by atoms with Gasteiger partial charge in [-0.2, -0.15) is 5.26 Å². The molecule has 2 aromatic carbocycles. The molecule has 0 aliphatic rings. The third-order valence-electron chi connectivity index (χ3n) is 3.79. The summed E-state index contributed by atoms with van der Waals surface area (Å²) in [5.41, 5.74) is 1.41. The van der Waals surface area contributed by atoms with Crippen LogP contribution in [0.25, 0.3) is 6.08 Å². The van der Waals surface area contributed by atoms with Crippen molar-refractivity contribution in [2.75, 3.05) is 6.61 Å². The lowest BCUT2D eigenvalue weighted by Crippen LogP contribution is -2.27. The van der Waals surface area contributed by atoms with E-state index in [0.717, 1.165) is 5.56 Å². The number of nitrogens with zero attached hydrogens (tertiary/aromatic N) is 1. The quantitative estimate of drug-likeness (QED) is 0.433. The van der Waals surface area contributed by atoms with Gasteiger partial charge in [0.05, 0.1) is 17.1 Å². The smallest absolute Gasteiger partial charge is 0.262 e. The number of nitrogens with one attached hydrogen (secondary N) is 1. The molecule has 0 aromatic heterocycles. The van der Waals surface area contributed by atoms with Crippen LogP contribution in [0.5, 0.6) is 11.5 Å². The Bertz CT molecular complexity index is 906. The normalized spacial score (nSPS) is 12.2. The van der Waals surface area contributed by atoms with Crippen molar-refractivity contribution in [2.45, 2.75) is 19.9 Å². The van der Waals surface area contributed by atoms with Crippen LogP contribution in [0.1, 0.15) is 31.0 Å². The lowest BCUT2D eigenvalue weighted by Gasteiger charge is -2.14. The highest BCUT2D eigenvalue weighted by Crippen LogP contribution is 2.42. The van der Waals surface area contributed by atoms with Gasteiger partial charge in [0, 0.05) is 4.47 Å². The maximum absolute atomic E-state index is 12.5. The Morgan fingerprint density at radius 1 is 1.33 bits per heavy atom. The predicted octanol–water partition coefficient (Wildman–Crippen LogP) is 5.10. The fourth-order valence-electron chi connectivity index (χ4n) is 2.39. The fourth-order valence-corrected chi connectivity index (χ4v) is 3.23. The predicted molar refractivity (Wildman–Crippen MR) is 111 cm³/mol. The van der Waals surface area contributed by atoms with Gasteiger partial charge in [-0.25, -0.2) is 0 Å². The number of carbonyl (C=O) groups is 1. The summed E-state index contributed by atoms with van der Waals surface area (Å²) in [6.45, 7) is 4.01. The van der Waals surface area contributed by atoms with Gasteiger partial charge in [-0.1, -0.05) is 30.3 Å². The molecule has 0 bridgehead atoms. The maximum atomic E-state index is 12.5. The number of phenols is 1. The van der Waals surface area contributed by atoms with E-state index in [1.54, 1.807) is 13.0 Å². The molecule has 2 aromatic rings. The zero-order valence-corrected chi connectivity index (χ0v) is 18.0. The Morgan fingerprint density at radius 3 is 2.59 bits per heavy atom. The molecule has 0 heterocycles. The number of hydrogen-bond acceptors (Lipinski definition) is 4. The van der Waals surface area contributed by atoms with Crippen LogP contribution in [0, 0.1) is 11.3 Å². The summed E-state index contributed by atoms with van der Waals surface area (Å²) in [5.74, 6) is -0.279. The van der Waals surface area contributed by atoms with Gasteiger partial charge >= 0.3 is 0 Å². The molecule has 1 atom stereocenters. The molecule has 27 heavy (non-hydrogen) atoms. The van der Waals surface area contributed by atoms with Crippen LogP contribution in [-0.2, 0) is 4.79 Å². The second-order valence-electron chi connectivity index (χ2n) is 5.65.